The summed E-state index contributed by atoms with van der Waals surface area (Å²) in [5.41, 5.74) is 0. The van der Waals surface area contributed by atoms with Crippen molar-refractivity contribution in [1.82, 2.24) is 10.2 Å². The third-order valence-electron chi connectivity index (χ3n) is 3.34. The molecule has 2 atom stereocenters. The maximum Gasteiger partial charge on any atom is 0.327 e. The maximum atomic E-state index is 12.2. The summed E-state index contributed by atoms with van der Waals surface area (Å²) >= 11 is 1.58. The van der Waals surface area contributed by atoms with Gasteiger partial charge in [-0.3, -0.25) is 4.79 Å². The molecule has 0 aromatic rings. The van der Waals surface area contributed by atoms with E-state index in [2.05, 4.69) is 5.32 Å². The summed E-state index contributed by atoms with van der Waals surface area (Å²) in [6.45, 7) is 3.75. The SMILES string of the molecule is CCC1SCC(C(=O)O)N1C(=O)CC1CNC1. The van der Waals surface area contributed by atoms with Gasteiger partial charge in [0.2, 0.25) is 5.91 Å². The molecule has 2 rings (SSSR count). The topological polar surface area (TPSA) is 69.6 Å². The molecular formula is C11H18N2O3S. The van der Waals surface area contributed by atoms with Crippen LogP contribution in [0.25, 0.3) is 0 Å². The van der Waals surface area contributed by atoms with Crippen LogP contribution in [0.4, 0.5) is 0 Å². The molecule has 2 heterocycles. The van der Waals surface area contributed by atoms with Crippen molar-refractivity contribution in [3.05, 3.63) is 0 Å². The lowest BCUT2D eigenvalue weighted by molar-refractivity contribution is -0.149. The van der Waals surface area contributed by atoms with Crippen LogP contribution in [-0.2, 0) is 9.59 Å². The third kappa shape index (κ3) is 2.57. The number of carboxylic acid groups (broad SMARTS) is 1. The lowest BCUT2D eigenvalue weighted by atomic mass is 9.98. The van der Waals surface area contributed by atoms with Gasteiger partial charge in [-0.2, -0.15) is 0 Å². The minimum atomic E-state index is -0.881. The van der Waals surface area contributed by atoms with E-state index in [9.17, 15) is 9.59 Å². The Morgan fingerprint density at radius 2 is 2.18 bits per heavy atom. The van der Waals surface area contributed by atoms with Crippen molar-refractivity contribution in [1.29, 1.82) is 0 Å². The fourth-order valence-electron chi connectivity index (χ4n) is 2.25. The summed E-state index contributed by atoms with van der Waals surface area (Å²) in [4.78, 5) is 24.9. The monoisotopic (exact) mass is 258 g/mol. The number of thioether (sulfide) groups is 1. The van der Waals surface area contributed by atoms with Gasteiger partial charge in [0.15, 0.2) is 0 Å². The number of nitrogens with one attached hydrogen (secondary N) is 1. The molecule has 96 valence electrons. The molecule has 2 saturated heterocycles. The van der Waals surface area contributed by atoms with E-state index in [1.54, 1.807) is 16.7 Å². The maximum absolute atomic E-state index is 12.2. The Morgan fingerprint density at radius 3 is 2.65 bits per heavy atom. The summed E-state index contributed by atoms with van der Waals surface area (Å²) in [7, 11) is 0. The number of carbonyl (C=O) groups is 2. The Morgan fingerprint density at radius 1 is 1.47 bits per heavy atom. The Balaban J connectivity index is 2.01. The number of nitrogens with zero attached hydrogens (tertiary/aromatic N) is 1. The van der Waals surface area contributed by atoms with Gasteiger partial charge < -0.3 is 15.3 Å². The molecule has 2 fully saturated rings. The number of hydrogen-bond acceptors (Lipinski definition) is 4. The summed E-state index contributed by atoms with van der Waals surface area (Å²) < 4.78 is 0. The minimum absolute atomic E-state index is 0.000694. The Hall–Kier alpha value is -0.750. The standard InChI is InChI=1S/C11H18N2O3S/c1-2-10-13(8(6-17-10)11(15)16)9(14)3-7-4-12-5-7/h7-8,10,12H,2-6H2,1H3,(H,15,16). The molecule has 0 saturated carbocycles. The zero-order valence-electron chi connectivity index (χ0n) is 9.89. The second-order valence-corrected chi connectivity index (χ2v) is 5.79. The highest BCUT2D eigenvalue weighted by molar-refractivity contribution is 8.00. The molecule has 0 bridgehead atoms. The lowest BCUT2D eigenvalue weighted by Crippen LogP contribution is -2.49. The Labute approximate surface area is 105 Å². The van der Waals surface area contributed by atoms with Gasteiger partial charge in [-0.1, -0.05) is 6.92 Å². The summed E-state index contributed by atoms with van der Waals surface area (Å²) in [6.07, 6.45) is 1.29. The molecule has 0 aromatic carbocycles. The summed E-state index contributed by atoms with van der Waals surface area (Å²) in [6, 6.07) is -0.634. The van der Waals surface area contributed by atoms with Gasteiger partial charge in [0.1, 0.15) is 6.04 Å². The van der Waals surface area contributed by atoms with E-state index in [0.717, 1.165) is 19.5 Å². The van der Waals surface area contributed by atoms with Crippen LogP contribution < -0.4 is 5.32 Å². The van der Waals surface area contributed by atoms with Crippen molar-refractivity contribution in [2.24, 2.45) is 5.92 Å². The third-order valence-corrected chi connectivity index (χ3v) is 4.80. The highest BCUT2D eigenvalue weighted by Crippen LogP contribution is 2.32. The first-order valence-corrected chi connectivity index (χ1v) is 7.04. The van der Waals surface area contributed by atoms with E-state index < -0.39 is 12.0 Å². The molecule has 2 aliphatic heterocycles. The predicted octanol–water partition coefficient (Wildman–Crippen LogP) is 0.361. The van der Waals surface area contributed by atoms with Crippen molar-refractivity contribution < 1.29 is 14.7 Å². The van der Waals surface area contributed by atoms with Crippen molar-refractivity contribution in [3.63, 3.8) is 0 Å². The van der Waals surface area contributed by atoms with Crippen LogP contribution in [0.1, 0.15) is 19.8 Å². The van der Waals surface area contributed by atoms with Gasteiger partial charge in [-0.05, 0) is 25.4 Å². The van der Waals surface area contributed by atoms with E-state index in [4.69, 9.17) is 5.11 Å². The predicted molar refractivity (Wildman–Crippen MR) is 65.8 cm³/mol. The fourth-order valence-corrected chi connectivity index (χ4v) is 3.62. The van der Waals surface area contributed by atoms with Gasteiger partial charge >= 0.3 is 5.97 Å². The number of hydrogen-bond donors (Lipinski definition) is 2. The number of carboxylic acids is 1. The highest BCUT2D eigenvalue weighted by Gasteiger charge is 2.41. The molecule has 6 heteroatoms. The van der Waals surface area contributed by atoms with Gasteiger partial charge in [-0.25, -0.2) is 4.79 Å². The Kier molecular flexibility index (Phi) is 3.93. The van der Waals surface area contributed by atoms with Gasteiger partial charge in [0, 0.05) is 12.2 Å². The zero-order valence-corrected chi connectivity index (χ0v) is 10.7. The lowest BCUT2D eigenvalue weighted by Gasteiger charge is -2.31. The Bertz CT molecular complexity index is 320. The number of aliphatic carboxylic acids is 1. The van der Waals surface area contributed by atoms with Crippen molar-refractivity contribution in [3.8, 4) is 0 Å². The second-order valence-electron chi connectivity index (χ2n) is 4.58. The first-order valence-electron chi connectivity index (χ1n) is 5.99. The van der Waals surface area contributed by atoms with Crippen molar-refractivity contribution in [2.45, 2.75) is 31.2 Å². The molecule has 5 nitrogen and oxygen atoms in total. The smallest absolute Gasteiger partial charge is 0.327 e. The van der Waals surface area contributed by atoms with Crippen LogP contribution in [0, 0.1) is 5.92 Å². The van der Waals surface area contributed by atoms with E-state index in [0.29, 0.717) is 18.1 Å². The minimum Gasteiger partial charge on any atom is -0.480 e. The molecule has 2 aliphatic rings. The average Bonchev–Trinajstić information content (AvgIpc) is 2.66. The largest absolute Gasteiger partial charge is 0.480 e. The highest BCUT2D eigenvalue weighted by atomic mass is 32.2. The van der Waals surface area contributed by atoms with E-state index in [-0.39, 0.29) is 11.3 Å². The summed E-state index contributed by atoms with van der Waals surface area (Å²) in [5.74, 6) is 0.0250. The van der Waals surface area contributed by atoms with Crippen LogP contribution in [0.15, 0.2) is 0 Å². The normalized spacial score (nSPS) is 29.1. The van der Waals surface area contributed by atoms with Crippen LogP contribution in [0.5, 0.6) is 0 Å². The molecular weight excluding hydrogens is 240 g/mol. The zero-order chi connectivity index (χ0) is 12.4. The van der Waals surface area contributed by atoms with Crippen LogP contribution >= 0.6 is 11.8 Å². The molecule has 2 N–H and O–H groups in total. The second kappa shape index (κ2) is 5.27. The van der Waals surface area contributed by atoms with Crippen LogP contribution in [0.3, 0.4) is 0 Å². The van der Waals surface area contributed by atoms with E-state index in [1.165, 1.54) is 0 Å². The number of carbonyl (C=O) groups excluding carboxylic acids is 1. The molecule has 0 aromatic heterocycles. The van der Waals surface area contributed by atoms with Gasteiger partial charge in [-0.15, -0.1) is 11.8 Å². The average molecular weight is 258 g/mol. The van der Waals surface area contributed by atoms with Gasteiger partial charge in [0.25, 0.3) is 0 Å². The van der Waals surface area contributed by atoms with E-state index >= 15 is 0 Å². The van der Waals surface area contributed by atoms with Crippen molar-refractivity contribution >= 4 is 23.6 Å². The number of rotatable bonds is 4. The number of amides is 1. The molecule has 17 heavy (non-hydrogen) atoms. The first-order chi connectivity index (χ1) is 8.13. The first kappa shape index (κ1) is 12.7. The fraction of sp³-hybridized carbons (Fsp3) is 0.818. The molecule has 0 aliphatic carbocycles. The van der Waals surface area contributed by atoms with Crippen LogP contribution in [-0.4, -0.2) is 52.1 Å². The van der Waals surface area contributed by atoms with Crippen molar-refractivity contribution in [2.75, 3.05) is 18.8 Å². The summed E-state index contributed by atoms with van der Waals surface area (Å²) in [5, 5.41) is 12.3. The molecule has 1 amide bonds. The van der Waals surface area contributed by atoms with Gasteiger partial charge in [0.05, 0.1) is 5.37 Å². The van der Waals surface area contributed by atoms with Crippen LogP contribution in [0.2, 0.25) is 0 Å². The molecule has 2 unspecified atom stereocenters. The molecule has 0 radical (unpaired) electrons. The molecule has 0 spiro atoms. The quantitative estimate of drug-likeness (QED) is 0.762. The van der Waals surface area contributed by atoms with E-state index in [1.807, 2.05) is 6.92 Å².